The SMILES string of the molecule is CN(C)CCN1C(=O)Cc2ccc(-c3ccc(C[C@@H](C#N)CC(=O)[C@@H]4[C@H]5CC[C@H](C5)N4C(=O)OC(C)(C)C)c(F)c3)cc21. The fraction of sp³-hybridized carbons (Fsp3) is 0.529. The molecule has 4 atom stereocenters. The monoisotopic (exact) mass is 588 g/mol. The number of hydrogen-bond acceptors (Lipinski definition) is 6. The Balaban J connectivity index is 1.28. The van der Waals surface area contributed by atoms with Gasteiger partial charge in [-0.05, 0) is 101 Å². The van der Waals surface area contributed by atoms with E-state index in [1.54, 1.807) is 36.6 Å². The Morgan fingerprint density at radius 2 is 1.86 bits per heavy atom. The first kappa shape index (κ1) is 30.7. The number of ether oxygens (including phenoxy) is 1. The Bertz CT molecular complexity index is 1460. The molecule has 2 aliphatic heterocycles. The summed E-state index contributed by atoms with van der Waals surface area (Å²) in [6.07, 6.45) is 2.42. The summed E-state index contributed by atoms with van der Waals surface area (Å²) in [5.41, 5.74) is 3.00. The van der Waals surface area contributed by atoms with E-state index in [0.29, 0.717) is 24.1 Å². The molecule has 8 nitrogen and oxygen atoms in total. The minimum absolute atomic E-state index is 0.0169. The van der Waals surface area contributed by atoms with Crippen LogP contribution in [0.3, 0.4) is 0 Å². The van der Waals surface area contributed by atoms with E-state index in [-0.39, 0.29) is 36.5 Å². The van der Waals surface area contributed by atoms with Crippen LogP contribution in [0, 0.1) is 29.0 Å². The average Bonchev–Trinajstić information content (AvgIpc) is 3.63. The van der Waals surface area contributed by atoms with Crippen LogP contribution in [-0.4, -0.2) is 72.5 Å². The van der Waals surface area contributed by atoms with Crippen molar-refractivity contribution in [3.05, 3.63) is 53.3 Å². The van der Waals surface area contributed by atoms with Crippen LogP contribution in [0.2, 0.25) is 0 Å². The summed E-state index contributed by atoms with van der Waals surface area (Å²) in [5, 5.41) is 9.91. The molecule has 43 heavy (non-hydrogen) atoms. The van der Waals surface area contributed by atoms with Gasteiger partial charge in [0.1, 0.15) is 11.4 Å². The number of likely N-dealkylation sites (N-methyl/N-ethyl adjacent to an activating group) is 1. The number of hydrogen-bond donors (Lipinski definition) is 0. The first-order chi connectivity index (χ1) is 20.3. The fourth-order valence-corrected chi connectivity index (χ4v) is 6.75. The molecule has 1 saturated heterocycles. The highest BCUT2D eigenvalue weighted by Crippen LogP contribution is 2.44. The average molecular weight is 589 g/mol. The van der Waals surface area contributed by atoms with Crippen LogP contribution in [-0.2, 0) is 27.2 Å². The number of piperidine rings is 1. The van der Waals surface area contributed by atoms with E-state index in [2.05, 4.69) is 6.07 Å². The third-order valence-corrected chi connectivity index (χ3v) is 8.79. The van der Waals surface area contributed by atoms with Crippen molar-refractivity contribution in [3.8, 4) is 17.2 Å². The molecule has 2 heterocycles. The highest BCUT2D eigenvalue weighted by Gasteiger charge is 2.52. The summed E-state index contributed by atoms with van der Waals surface area (Å²) in [6, 6.07) is 12.3. The molecule has 3 aliphatic rings. The van der Waals surface area contributed by atoms with Gasteiger partial charge in [-0.3, -0.25) is 14.5 Å². The van der Waals surface area contributed by atoms with Crippen molar-refractivity contribution in [1.29, 1.82) is 5.26 Å². The van der Waals surface area contributed by atoms with Crippen molar-refractivity contribution in [1.82, 2.24) is 9.80 Å². The Labute approximate surface area is 253 Å². The molecular weight excluding hydrogens is 547 g/mol. The molecule has 1 saturated carbocycles. The van der Waals surface area contributed by atoms with Crippen LogP contribution in [0.15, 0.2) is 36.4 Å². The number of amides is 2. The normalized spacial score (nSPS) is 21.7. The molecule has 2 aromatic rings. The number of anilines is 1. The lowest BCUT2D eigenvalue weighted by atomic mass is 9.87. The summed E-state index contributed by atoms with van der Waals surface area (Å²) in [7, 11) is 3.93. The lowest BCUT2D eigenvalue weighted by Crippen LogP contribution is -2.51. The van der Waals surface area contributed by atoms with E-state index in [0.717, 1.165) is 42.6 Å². The van der Waals surface area contributed by atoms with Gasteiger partial charge in [0.2, 0.25) is 5.91 Å². The molecule has 2 bridgehead atoms. The van der Waals surface area contributed by atoms with Crippen molar-refractivity contribution in [2.24, 2.45) is 11.8 Å². The number of nitrogens with zero attached hydrogens (tertiary/aromatic N) is 4. The van der Waals surface area contributed by atoms with Crippen LogP contribution in [0.25, 0.3) is 11.1 Å². The van der Waals surface area contributed by atoms with Gasteiger partial charge in [0.15, 0.2) is 5.78 Å². The fourth-order valence-electron chi connectivity index (χ4n) is 6.75. The Hall–Kier alpha value is -3.77. The second-order valence-electron chi connectivity index (χ2n) is 13.4. The van der Waals surface area contributed by atoms with Crippen LogP contribution >= 0.6 is 0 Å². The van der Waals surface area contributed by atoms with Crippen molar-refractivity contribution in [2.45, 2.75) is 77.0 Å². The zero-order chi connectivity index (χ0) is 31.1. The van der Waals surface area contributed by atoms with Gasteiger partial charge in [0.25, 0.3) is 0 Å². The van der Waals surface area contributed by atoms with E-state index in [1.807, 2.05) is 43.3 Å². The molecule has 5 rings (SSSR count). The molecule has 2 fully saturated rings. The van der Waals surface area contributed by atoms with Gasteiger partial charge in [-0.2, -0.15) is 5.26 Å². The zero-order valence-corrected chi connectivity index (χ0v) is 25.7. The quantitative estimate of drug-likeness (QED) is 0.391. The van der Waals surface area contributed by atoms with Gasteiger partial charge in [0.05, 0.1) is 24.4 Å². The number of carbonyl (C=O) groups excluding carboxylic acids is 3. The number of nitriles is 1. The smallest absolute Gasteiger partial charge is 0.411 e. The highest BCUT2D eigenvalue weighted by molar-refractivity contribution is 6.02. The summed E-state index contributed by atoms with van der Waals surface area (Å²) in [5.74, 6) is -1.19. The van der Waals surface area contributed by atoms with E-state index >= 15 is 4.39 Å². The third kappa shape index (κ3) is 6.59. The molecule has 228 valence electrons. The molecule has 0 radical (unpaired) electrons. The van der Waals surface area contributed by atoms with Crippen LogP contribution in [0.5, 0.6) is 0 Å². The highest BCUT2D eigenvalue weighted by atomic mass is 19.1. The number of benzene rings is 2. The summed E-state index contributed by atoms with van der Waals surface area (Å²) in [6.45, 7) is 6.72. The number of likely N-dealkylation sites (tertiary alicyclic amines) is 1. The predicted molar refractivity (Wildman–Crippen MR) is 162 cm³/mol. The van der Waals surface area contributed by atoms with E-state index in [1.165, 1.54) is 6.07 Å². The van der Waals surface area contributed by atoms with E-state index < -0.39 is 29.5 Å². The van der Waals surface area contributed by atoms with Crippen molar-refractivity contribution >= 4 is 23.5 Å². The molecular formula is C34H41FN4O4. The minimum Gasteiger partial charge on any atom is -0.444 e. The zero-order valence-electron chi connectivity index (χ0n) is 25.7. The van der Waals surface area contributed by atoms with Gasteiger partial charge in [-0.1, -0.05) is 24.3 Å². The third-order valence-electron chi connectivity index (χ3n) is 8.79. The molecule has 0 N–H and O–H groups in total. The number of ketones is 1. The number of fused-ring (bicyclic) bond motifs is 3. The second-order valence-corrected chi connectivity index (χ2v) is 13.4. The first-order valence-corrected chi connectivity index (χ1v) is 15.1. The van der Waals surface area contributed by atoms with E-state index in [9.17, 15) is 19.6 Å². The standard InChI is InChI=1S/C34H41FN4O4/c1-34(2,3)43-33(42)39-27-11-10-26(16-27)32(39)30(40)15-21(20-36)14-24-8-6-22(17-28(24)35)23-7-9-25-19-31(41)38(29(25)18-23)13-12-37(4)5/h6-9,17-18,21,26-27,32H,10-16,19H2,1-5H3/t21-,26+,27-,32+/m1/s1. The van der Waals surface area contributed by atoms with Crippen LogP contribution < -0.4 is 4.90 Å². The van der Waals surface area contributed by atoms with Crippen LogP contribution in [0.1, 0.15) is 57.6 Å². The maximum absolute atomic E-state index is 15.4. The number of Topliss-reactive ketones (excluding diaryl/α,β-unsaturated/α-hetero) is 1. The minimum atomic E-state index is -0.719. The molecule has 0 unspecified atom stereocenters. The molecule has 9 heteroatoms. The topological polar surface area (TPSA) is 94.0 Å². The molecule has 1 aliphatic carbocycles. The van der Waals surface area contributed by atoms with Crippen LogP contribution in [0.4, 0.5) is 14.9 Å². The van der Waals surface area contributed by atoms with Gasteiger partial charge in [0, 0.05) is 31.2 Å². The number of carbonyl (C=O) groups is 3. The molecule has 2 aromatic carbocycles. The van der Waals surface area contributed by atoms with Gasteiger partial charge in [-0.25, -0.2) is 9.18 Å². The Morgan fingerprint density at radius 3 is 2.53 bits per heavy atom. The Morgan fingerprint density at radius 1 is 1.14 bits per heavy atom. The maximum atomic E-state index is 15.4. The van der Waals surface area contributed by atoms with E-state index in [4.69, 9.17) is 4.74 Å². The summed E-state index contributed by atoms with van der Waals surface area (Å²) >= 11 is 0. The van der Waals surface area contributed by atoms with Crippen molar-refractivity contribution in [3.63, 3.8) is 0 Å². The lowest BCUT2D eigenvalue weighted by Gasteiger charge is -2.35. The first-order valence-electron chi connectivity index (χ1n) is 15.1. The molecule has 2 amide bonds. The molecule has 0 spiro atoms. The lowest BCUT2D eigenvalue weighted by molar-refractivity contribution is -0.126. The second kappa shape index (κ2) is 12.1. The van der Waals surface area contributed by atoms with Gasteiger partial charge < -0.3 is 14.5 Å². The number of halogens is 1. The van der Waals surface area contributed by atoms with Gasteiger partial charge in [-0.15, -0.1) is 0 Å². The largest absolute Gasteiger partial charge is 0.444 e. The van der Waals surface area contributed by atoms with Crippen molar-refractivity contribution in [2.75, 3.05) is 32.1 Å². The summed E-state index contributed by atoms with van der Waals surface area (Å²) in [4.78, 5) is 44.5. The number of rotatable bonds is 9. The predicted octanol–water partition coefficient (Wildman–Crippen LogP) is 5.37. The Kier molecular flexibility index (Phi) is 8.62. The maximum Gasteiger partial charge on any atom is 0.411 e. The molecule has 0 aromatic heterocycles. The van der Waals surface area contributed by atoms with Gasteiger partial charge >= 0.3 is 6.09 Å². The van der Waals surface area contributed by atoms with Crippen molar-refractivity contribution < 1.29 is 23.5 Å². The summed E-state index contributed by atoms with van der Waals surface area (Å²) < 4.78 is 21.0.